The van der Waals surface area contributed by atoms with Gasteiger partial charge in [-0.2, -0.15) is 5.10 Å². The summed E-state index contributed by atoms with van der Waals surface area (Å²) in [6, 6.07) is 12.4. The molecule has 1 amide bonds. The molecule has 10 nitrogen and oxygen atoms in total. The molecule has 1 saturated heterocycles. The zero-order chi connectivity index (χ0) is 28.9. The van der Waals surface area contributed by atoms with Gasteiger partial charge in [-0.1, -0.05) is 26.5 Å². The van der Waals surface area contributed by atoms with Crippen LogP contribution in [0.4, 0.5) is 23.0 Å². The Labute approximate surface area is 241 Å². The van der Waals surface area contributed by atoms with Crippen molar-refractivity contribution in [1.29, 1.82) is 0 Å². The molecular weight excluding hydrogens is 516 g/mol. The number of aryl methyl sites for hydroxylation is 1. The highest BCUT2D eigenvalue weighted by molar-refractivity contribution is 6.02. The third-order valence-corrected chi connectivity index (χ3v) is 7.84. The van der Waals surface area contributed by atoms with E-state index in [9.17, 15) is 4.79 Å². The van der Waals surface area contributed by atoms with E-state index in [-0.39, 0.29) is 5.91 Å². The van der Waals surface area contributed by atoms with Crippen LogP contribution in [-0.4, -0.2) is 69.9 Å². The minimum Gasteiger partial charge on any atom is -0.494 e. The molecule has 0 unspecified atom stereocenters. The number of carbonyl (C=O) groups is 1. The van der Waals surface area contributed by atoms with E-state index in [1.54, 1.807) is 13.3 Å². The Kier molecular flexibility index (Phi) is 8.49. The maximum absolute atomic E-state index is 12.4. The lowest BCUT2D eigenvalue weighted by molar-refractivity contribution is -0.111. The van der Waals surface area contributed by atoms with E-state index < -0.39 is 0 Å². The van der Waals surface area contributed by atoms with Crippen LogP contribution in [0.2, 0.25) is 0 Å². The molecule has 4 aromatic rings. The highest BCUT2D eigenvalue weighted by Crippen LogP contribution is 2.39. The van der Waals surface area contributed by atoms with Gasteiger partial charge in [0, 0.05) is 49.4 Å². The average Bonchev–Trinajstić information content (AvgIpc) is 3.38. The predicted octanol–water partition coefficient (Wildman–Crippen LogP) is 5.22. The van der Waals surface area contributed by atoms with Crippen molar-refractivity contribution in [1.82, 2.24) is 24.6 Å². The van der Waals surface area contributed by atoms with Crippen molar-refractivity contribution in [2.45, 2.75) is 32.7 Å². The summed E-state index contributed by atoms with van der Waals surface area (Å²) < 4.78 is 7.65. The molecule has 1 fully saturated rings. The van der Waals surface area contributed by atoms with Gasteiger partial charge in [0.15, 0.2) is 0 Å². The number of nitrogens with one attached hydrogen (secondary N) is 2. The third kappa shape index (κ3) is 6.02. The van der Waals surface area contributed by atoms with Crippen molar-refractivity contribution in [2.75, 3.05) is 48.8 Å². The van der Waals surface area contributed by atoms with Gasteiger partial charge in [-0.05, 0) is 56.3 Å². The number of piperidine rings is 1. The Morgan fingerprint density at radius 3 is 2.63 bits per heavy atom. The number of anilines is 4. The van der Waals surface area contributed by atoms with Gasteiger partial charge in [-0.3, -0.25) is 9.48 Å². The maximum atomic E-state index is 12.4. The highest BCUT2D eigenvalue weighted by Gasteiger charge is 2.26. The van der Waals surface area contributed by atoms with Crippen molar-refractivity contribution < 1.29 is 9.53 Å². The molecule has 0 aliphatic carbocycles. The van der Waals surface area contributed by atoms with Crippen LogP contribution in [0.1, 0.15) is 26.7 Å². The van der Waals surface area contributed by atoms with Gasteiger partial charge >= 0.3 is 0 Å². The van der Waals surface area contributed by atoms with E-state index >= 15 is 0 Å². The third-order valence-electron chi connectivity index (χ3n) is 7.84. The first-order chi connectivity index (χ1) is 19.9. The second kappa shape index (κ2) is 12.4. The minimum absolute atomic E-state index is 0.274. The molecule has 2 aromatic carbocycles. The number of carbonyl (C=O) groups excluding carboxylic acids is 1. The van der Waals surface area contributed by atoms with Crippen LogP contribution in [0.25, 0.3) is 22.2 Å². The van der Waals surface area contributed by atoms with Crippen molar-refractivity contribution in [2.24, 2.45) is 7.05 Å². The standard InChI is InChI=1S/C31H38N8O2/c1-6-30(40)34-25-18-26(29(41-5)19-28(25)39-15-12-23(13-16-39)38(7-2)8-3)36-31-32-14-11-24(35-31)21-9-10-27-22(17-21)20-33-37(27)4/h6,9-11,14,17-20,23H,1,7-8,12-13,15-16H2,2-5H3,(H,34,40)(H,32,35,36). The van der Waals surface area contributed by atoms with Gasteiger partial charge in [0.2, 0.25) is 11.9 Å². The van der Waals surface area contributed by atoms with Gasteiger partial charge in [-0.15, -0.1) is 0 Å². The molecule has 5 rings (SSSR count). The van der Waals surface area contributed by atoms with Crippen LogP contribution in [0.15, 0.2) is 61.4 Å². The van der Waals surface area contributed by atoms with Crippen LogP contribution >= 0.6 is 0 Å². The number of amides is 1. The lowest BCUT2D eigenvalue weighted by Crippen LogP contribution is -2.45. The fourth-order valence-corrected chi connectivity index (χ4v) is 5.62. The fraction of sp³-hybridized carbons (Fsp3) is 0.355. The second-order valence-corrected chi connectivity index (χ2v) is 10.1. The van der Waals surface area contributed by atoms with Crippen LogP contribution in [0.3, 0.4) is 0 Å². The van der Waals surface area contributed by atoms with Gasteiger partial charge in [-0.25, -0.2) is 9.97 Å². The molecule has 0 radical (unpaired) electrons. The number of hydrogen-bond acceptors (Lipinski definition) is 8. The molecule has 41 heavy (non-hydrogen) atoms. The Morgan fingerprint density at radius 2 is 1.93 bits per heavy atom. The van der Waals surface area contributed by atoms with Crippen LogP contribution in [0.5, 0.6) is 5.75 Å². The number of hydrogen-bond donors (Lipinski definition) is 2. The molecule has 0 atom stereocenters. The topological polar surface area (TPSA) is 100 Å². The summed E-state index contributed by atoms with van der Waals surface area (Å²) in [5.41, 5.74) is 5.04. The molecule has 1 aliphatic rings. The first-order valence-electron chi connectivity index (χ1n) is 14.1. The lowest BCUT2D eigenvalue weighted by atomic mass is 10.0. The number of rotatable bonds is 10. The van der Waals surface area contributed by atoms with Crippen molar-refractivity contribution in [3.8, 4) is 17.0 Å². The SMILES string of the molecule is C=CC(=O)Nc1cc(Nc2nccc(-c3ccc4c(cnn4C)c3)n2)c(OC)cc1N1CCC(N(CC)CC)CC1. The molecule has 0 spiro atoms. The quantitative estimate of drug-likeness (QED) is 0.258. The zero-order valence-electron chi connectivity index (χ0n) is 24.2. The summed E-state index contributed by atoms with van der Waals surface area (Å²) >= 11 is 0. The molecule has 0 saturated carbocycles. The highest BCUT2D eigenvalue weighted by atomic mass is 16.5. The molecule has 2 N–H and O–H groups in total. The van der Waals surface area contributed by atoms with Crippen molar-refractivity contribution in [3.05, 3.63) is 61.4 Å². The smallest absolute Gasteiger partial charge is 0.247 e. The van der Waals surface area contributed by atoms with Gasteiger partial charge < -0.3 is 25.2 Å². The summed E-state index contributed by atoms with van der Waals surface area (Å²) in [7, 11) is 3.56. The number of aromatic nitrogens is 4. The van der Waals surface area contributed by atoms with Crippen molar-refractivity contribution in [3.63, 3.8) is 0 Å². The zero-order valence-corrected chi connectivity index (χ0v) is 24.2. The average molecular weight is 555 g/mol. The summed E-state index contributed by atoms with van der Waals surface area (Å²) in [5.74, 6) is 0.776. The lowest BCUT2D eigenvalue weighted by Gasteiger charge is -2.39. The van der Waals surface area contributed by atoms with Gasteiger partial charge in [0.1, 0.15) is 5.75 Å². The first-order valence-corrected chi connectivity index (χ1v) is 14.1. The van der Waals surface area contributed by atoms with Gasteiger partial charge in [0.25, 0.3) is 0 Å². The summed E-state index contributed by atoms with van der Waals surface area (Å²) in [4.78, 5) is 26.5. The molecule has 2 aromatic heterocycles. The molecule has 3 heterocycles. The number of benzene rings is 2. The minimum atomic E-state index is -0.274. The normalized spacial score (nSPS) is 13.9. The Balaban J connectivity index is 1.43. The van der Waals surface area contributed by atoms with E-state index in [2.05, 4.69) is 57.0 Å². The van der Waals surface area contributed by atoms with E-state index in [0.717, 1.165) is 66.9 Å². The Morgan fingerprint density at radius 1 is 1.15 bits per heavy atom. The van der Waals surface area contributed by atoms with Gasteiger partial charge in [0.05, 0.1) is 41.6 Å². The molecule has 10 heteroatoms. The van der Waals surface area contributed by atoms with Crippen LogP contribution < -0.4 is 20.3 Å². The molecule has 0 bridgehead atoms. The summed E-state index contributed by atoms with van der Waals surface area (Å²) in [6.45, 7) is 12.0. The van der Waals surface area contributed by atoms with Crippen LogP contribution in [0, 0.1) is 0 Å². The number of methoxy groups -OCH3 is 1. The number of fused-ring (bicyclic) bond motifs is 1. The fourth-order valence-electron chi connectivity index (χ4n) is 5.62. The molecule has 214 valence electrons. The van der Waals surface area contributed by atoms with E-state index in [1.165, 1.54) is 6.08 Å². The van der Waals surface area contributed by atoms with Crippen LogP contribution in [-0.2, 0) is 11.8 Å². The monoisotopic (exact) mass is 554 g/mol. The van der Waals surface area contributed by atoms with Crippen molar-refractivity contribution >= 4 is 39.8 Å². The molecule has 1 aliphatic heterocycles. The van der Waals surface area contributed by atoms with E-state index in [4.69, 9.17) is 9.72 Å². The summed E-state index contributed by atoms with van der Waals surface area (Å²) in [5, 5.41) is 11.7. The van der Waals surface area contributed by atoms with E-state index in [1.807, 2.05) is 48.3 Å². The Hall–Kier alpha value is -4.44. The Bertz CT molecular complexity index is 1540. The predicted molar refractivity (Wildman–Crippen MR) is 165 cm³/mol. The summed E-state index contributed by atoms with van der Waals surface area (Å²) in [6.07, 6.45) is 6.96. The number of nitrogens with zero attached hydrogens (tertiary/aromatic N) is 6. The maximum Gasteiger partial charge on any atom is 0.247 e. The molecular formula is C31H38N8O2. The van der Waals surface area contributed by atoms with E-state index in [0.29, 0.717) is 29.1 Å². The second-order valence-electron chi connectivity index (χ2n) is 10.1. The largest absolute Gasteiger partial charge is 0.494 e. The number of ether oxygens (including phenoxy) is 1. The first kappa shape index (κ1) is 28.1.